The van der Waals surface area contributed by atoms with Gasteiger partial charge in [-0.1, -0.05) is 13.8 Å². The van der Waals surface area contributed by atoms with E-state index in [4.69, 9.17) is 0 Å². The molecule has 1 aromatic carbocycles. The van der Waals surface area contributed by atoms with E-state index < -0.39 is 23.1 Å². The fourth-order valence-electron chi connectivity index (χ4n) is 3.79. The van der Waals surface area contributed by atoms with Crippen LogP contribution in [0.5, 0.6) is 0 Å². The minimum absolute atomic E-state index is 0.0914. The molecule has 0 saturated carbocycles. The van der Waals surface area contributed by atoms with Crippen molar-refractivity contribution in [3.8, 4) is 0 Å². The number of carboxylic acid groups (broad SMARTS) is 1. The maximum Gasteiger partial charge on any atom is 0.416 e. The Kier molecular flexibility index (Phi) is 4.48. The average molecular weight is 382 g/mol. The summed E-state index contributed by atoms with van der Waals surface area (Å²) in [4.78, 5) is 26.2. The fraction of sp³-hybridized carbons (Fsp3) is 0.474. The van der Waals surface area contributed by atoms with Gasteiger partial charge in [-0.05, 0) is 36.6 Å². The Morgan fingerprint density at radius 2 is 1.89 bits per heavy atom. The van der Waals surface area contributed by atoms with Crippen LogP contribution < -0.4 is 0 Å². The Morgan fingerprint density at radius 1 is 1.22 bits per heavy atom. The molecule has 3 rings (SSSR count). The Morgan fingerprint density at radius 3 is 2.41 bits per heavy atom. The van der Waals surface area contributed by atoms with Crippen molar-refractivity contribution >= 4 is 22.8 Å². The highest BCUT2D eigenvalue weighted by molar-refractivity contribution is 5.99. The first-order chi connectivity index (χ1) is 12.5. The molecule has 1 aromatic heterocycles. The van der Waals surface area contributed by atoms with Gasteiger partial charge >= 0.3 is 12.1 Å². The molecule has 146 valence electrons. The third-order valence-electron chi connectivity index (χ3n) is 5.71. The third kappa shape index (κ3) is 3.07. The average Bonchev–Trinajstić information content (AvgIpc) is 3.16. The molecule has 1 saturated heterocycles. The fourth-order valence-corrected chi connectivity index (χ4v) is 3.79. The van der Waals surface area contributed by atoms with Crippen LogP contribution in [-0.4, -0.2) is 39.5 Å². The van der Waals surface area contributed by atoms with E-state index >= 15 is 0 Å². The minimum Gasteiger partial charge on any atom is -0.481 e. The zero-order valence-electron chi connectivity index (χ0n) is 15.3. The van der Waals surface area contributed by atoms with Crippen molar-refractivity contribution in [2.24, 2.45) is 18.4 Å². The predicted molar refractivity (Wildman–Crippen MR) is 93.3 cm³/mol. The molecule has 8 heteroatoms. The van der Waals surface area contributed by atoms with E-state index in [2.05, 4.69) is 0 Å². The Bertz CT molecular complexity index is 917. The molecule has 1 aliphatic rings. The molecule has 1 fully saturated rings. The first-order valence-electron chi connectivity index (χ1n) is 8.67. The summed E-state index contributed by atoms with van der Waals surface area (Å²) >= 11 is 0. The highest BCUT2D eigenvalue weighted by Crippen LogP contribution is 2.39. The Hall–Kier alpha value is -2.51. The summed E-state index contributed by atoms with van der Waals surface area (Å²) in [5.74, 6) is -1.44. The van der Waals surface area contributed by atoms with Crippen molar-refractivity contribution in [3.05, 3.63) is 35.5 Å². The van der Waals surface area contributed by atoms with Crippen LogP contribution in [0.4, 0.5) is 13.2 Å². The van der Waals surface area contributed by atoms with E-state index in [0.29, 0.717) is 23.9 Å². The second-order valence-corrected chi connectivity index (χ2v) is 7.45. The molecule has 1 amide bonds. The van der Waals surface area contributed by atoms with Gasteiger partial charge in [0.15, 0.2) is 0 Å². The maximum absolute atomic E-state index is 12.9. The molecule has 2 heterocycles. The lowest BCUT2D eigenvalue weighted by Crippen LogP contribution is -2.40. The third-order valence-corrected chi connectivity index (χ3v) is 5.71. The minimum atomic E-state index is -4.46. The number of rotatable bonds is 3. The molecule has 0 bridgehead atoms. The summed E-state index contributed by atoms with van der Waals surface area (Å²) in [6, 6.07) is 4.78. The number of aryl methyl sites for hydroxylation is 1. The standard InChI is InChI=1S/C19H21F3N2O3/c1-11(2)18(17(26)27)6-7-24(10-18)16(25)15-9-12-8-13(19(20,21)22)4-5-14(12)23(15)3/h4-5,8-9,11H,6-7,10H2,1-3H3,(H,26,27). The number of carbonyl (C=O) groups excluding carboxylic acids is 1. The van der Waals surface area contributed by atoms with Crippen molar-refractivity contribution in [2.45, 2.75) is 26.4 Å². The molecule has 1 unspecified atom stereocenters. The molecular weight excluding hydrogens is 361 g/mol. The second kappa shape index (κ2) is 6.28. The van der Waals surface area contributed by atoms with Gasteiger partial charge in [0.25, 0.3) is 5.91 Å². The zero-order valence-corrected chi connectivity index (χ0v) is 15.3. The van der Waals surface area contributed by atoms with Crippen LogP contribution in [0.2, 0.25) is 0 Å². The van der Waals surface area contributed by atoms with E-state index in [0.717, 1.165) is 12.1 Å². The van der Waals surface area contributed by atoms with E-state index in [1.54, 1.807) is 11.6 Å². The lowest BCUT2D eigenvalue weighted by atomic mass is 9.76. The van der Waals surface area contributed by atoms with Crippen LogP contribution in [0.15, 0.2) is 24.3 Å². The maximum atomic E-state index is 12.9. The highest BCUT2D eigenvalue weighted by Gasteiger charge is 2.48. The number of aliphatic carboxylic acids is 1. The van der Waals surface area contributed by atoms with Crippen molar-refractivity contribution in [3.63, 3.8) is 0 Å². The molecule has 2 aromatic rings. The molecule has 1 aliphatic heterocycles. The van der Waals surface area contributed by atoms with Gasteiger partial charge in [-0.3, -0.25) is 9.59 Å². The molecule has 0 spiro atoms. The topological polar surface area (TPSA) is 62.5 Å². The van der Waals surface area contributed by atoms with E-state index in [1.165, 1.54) is 17.0 Å². The number of hydrogen-bond donors (Lipinski definition) is 1. The van der Waals surface area contributed by atoms with Gasteiger partial charge in [-0.2, -0.15) is 13.2 Å². The lowest BCUT2D eigenvalue weighted by Gasteiger charge is -2.28. The van der Waals surface area contributed by atoms with E-state index in [9.17, 15) is 27.9 Å². The van der Waals surface area contributed by atoms with Gasteiger partial charge in [-0.25, -0.2) is 0 Å². The number of nitrogens with zero attached hydrogens (tertiary/aromatic N) is 2. The first-order valence-corrected chi connectivity index (χ1v) is 8.67. The molecule has 1 atom stereocenters. The quantitative estimate of drug-likeness (QED) is 0.879. The summed E-state index contributed by atoms with van der Waals surface area (Å²) in [7, 11) is 1.62. The first kappa shape index (κ1) is 19.3. The number of alkyl halides is 3. The number of aromatic nitrogens is 1. The summed E-state index contributed by atoms with van der Waals surface area (Å²) in [6.45, 7) is 4.03. The molecule has 27 heavy (non-hydrogen) atoms. The number of hydrogen-bond acceptors (Lipinski definition) is 2. The molecular formula is C19H21F3N2O3. The number of carbonyl (C=O) groups is 2. The predicted octanol–water partition coefficient (Wildman–Crippen LogP) is 3.77. The number of fused-ring (bicyclic) bond motifs is 1. The smallest absolute Gasteiger partial charge is 0.416 e. The summed E-state index contributed by atoms with van der Waals surface area (Å²) < 4.78 is 40.3. The van der Waals surface area contributed by atoms with Gasteiger partial charge in [0, 0.05) is 31.0 Å². The number of likely N-dealkylation sites (tertiary alicyclic amines) is 1. The van der Waals surface area contributed by atoms with Crippen LogP contribution >= 0.6 is 0 Å². The van der Waals surface area contributed by atoms with E-state index in [1.807, 2.05) is 13.8 Å². The SMILES string of the molecule is CC(C)C1(C(=O)O)CCN(C(=O)c2cc3cc(C(F)(F)F)ccc3n2C)C1. The Labute approximate surface area is 154 Å². The van der Waals surface area contributed by atoms with Crippen molar-refractivity contribution in [1.82, 2.24) is 9.47 Å². The van der Waals surface area contributed by atoms with Crippen molar-refractivity contribution in [2.75, 3.05) is 13.1 Å². The Balaban J connectivity index is 1.95. The molecule has 5 nitrogen and oxygen atoms in total. The molecule has 0 radical (unpaired) electrons. The normalized spacial score (nSPS) is 20.6. The van der Waals surface area contributed by atoms with Gasteiger partial charge in [0.05, 0.1) is 11.0 Å². The number of carboxylic acids is 1. The van der Waals surface area contributed by atoms with Crippen LogP contribution in [0.25, 0.3) is 10.9 Å². The summed E-state index contributed by atoms with van der Waals surface area (Å²) in [5, 5.41) is 9.95. The van der Waals surface area contributed by atoms with Crippen LogP contribution in [-0.2, 0) is 18.0 Å². The number of amides is 1. The summed E-state index contributed by atoms with van der Waals surface area (Å²) in [5.41, 5.74) is -1.01. The second-order valence-electron chi connectivity index (χ2n) is 7.45. The largest absolute Gasteiger partial charge is 0.481 e. The monoisotopic (exact) mass is 382 g/mol. The van der Waals surface area contributed by atoms with Gasteiger partial charge in [0.2, 0.25) is 0 Å². The zero-order chi connectivity index (χ0) is 20.1. The van der Waals surface area contributed by atoms with Crippen LogP contribution in [0, 0.1) is 11.3 Å². The van der Waals surface area contributed by atoms with Crippen molar-refractivity contribution in [1.29, 1.82) is 0 Å². The van der Waals surface area contributed by atoms with Gasteiger partial charge in [-0.15, -0.1) is 0 Å². The molecule has 0 aliphatic carbocycles. The highest BCUT2D eigenvalue weighted by atomic mass is 19.4. The van der Waals surface area contributed by atoms with Gasteiger partial charge in [0.1, 0.15) is 5.69 Å². The number of benzene rings is 1. The van der Waals surface area contributed by atoms with E-state index in [-0.39, 0.29) is 24.1 Å². The molecule has 1 N–H and O–H groups in total. The van der Waals surface area contributed by atoms with Crippen molar-refractivity contribution < 1.29 is 27.9 Å². The lowest BCUT2D eigenvalue weighted by molar-refractivity contribution is -0.150. The number of halogens is 3. The summed E-state index contributed by atoms with van der Waals surface area (Å²) in [6.07, 6.45) is -4.10. The van der Waals surface area contributed by atoms with Gasteiger partial charge < -0.3 is 14.6 Å². The van der Waals surface area contributed by atoms with Crippen LogP contribution in [0.1, 0.15) is 36.3 Å². The van der Waals surface area contributed by atoms with Crippen LogP contribution in [0.3, 0.4) is 0 Å².